The number of azide groups is 1. The van der Waals surface area contributed by atoms with Crippen molar-refractivity contribution in [2.75, 3.05) is 13.2 Å². The van der Waals surface area contributed by atoms with E-state index in [4.69, 9.17) is 23.1 Å². The van der Waals surface area contributed by atoms with Gasteiger partial charge in [0.05, 0.1) is 56.2 Å². The Balaban J connectivity index is 1.32. The Hall–Kier alpha value is -4.06. The highest BCUT2D eigenvalue weighted by Gasteiger charge is 2.50. The summed E-state index contributed by atoms with van der Waals surface area (Å²) in [4.78, 5) is 3.23. The maximum absolute atomic E-state index is 12.7. The van der Waals surface area contributed by atoms with Crippen LogP contribution >= 0.6 is 0 Å². The second kappa shape index (κ2) is 17.2. The fourth-order valence-electron chi connectivity index (χ4n) is 5.19. The lowest BCUT2D eigenvalue weighted by molar-refractivity contribution is -0.113. The molecular weight excluding hydrogens is 618 g/mol. The smallest absolute Gasteiger partial charge is 0.296 e. The molecule has 0 amide bonds. The predicted molar refractivity (Wildman–Crippen MR) is 177 cm³/mol. The number of benzene rings is 4. The van der Waals surface area contributed by atoms with Crippen molar-refractivity contribution in [2.45, 2.75) is 68.5 Å². The lowest BCUT2D eigenvalue weighted by Gasteiger charge is -2.31. The second-order valence-corrected chi connectivity index (χ2v) is 12.9. The monoisotopic (exact) mass is 657 g/mol. The van der Waals surface area contributed by atoms with Crippen molar-refractivity contribution in [1.82, 2.24) is 0 Å². The van der Waals surface area contributed by atoms with Gasteiger partial charge in [0, 0.05) is 11.3 Å². The molecule has 1 aliphatic heterocycles. The Morgan fingerprint density at radius 1 is 0.787 bits per heavy atom. The van der Waals surface area contributed by atoms with Gasteiger partial charge in [-0.3, -0.25) is 4.18 Å². The minimum atomic E-state index is -3.92. The van der Waals surface area contributed by atoms with Crippen LogP contribution in [0.25, 0.3) is 10.4 Å². The minimum absolute atomic E-state index is 0.0711. The Bertz CT molecular complexity index is 1670. The summed E-state index contributed by atoms with van der Waals surface area (Å²) in [5, 5.41) is 4.10. The second-order valence-electron chi connectivity index (χ2n) is 11.3. The van der Waals surface area contributed by atoms with E-state index in [0.717, 1.165) is 22.3 Å². The number of hydrogen-bond donors (Lipinski definition) is 0. The summed E-state index contributed by atoms with van der Waals surface area (Å²) in [5.74, 6) is 0. The van der Waals surface area contributed by atoms with Gasteiger partial charge in [-0.2, -0.15) is 8.42 Å². The molecule has 0 spiro atoms. The summed E-state index contributed by atoms with van der Waals surface area (Å²) in [7, 11) is -3.92. The summed E-state index contributed by atoms with van der Waals surface area (Å²) < 4.78 is 55.9. The molecule has 1 aliphatic rings. The van der Waals surface area contributed by atoms with Crippen molar-refractivity contribution < 1.29 is 31.5 Å². The molecule has 0 bridgehead atoms. The number of ether oxygens (including phenoxy) is 4. The van der Waals surface area contributed by atoms with E-state index in [1.54, 1.807) is 12.1 Å². The maximum Gasteiger partial charge on any atom is 0.296 e. The lowest BCUT2D eigenvalue weighted by atomic mass is 10.0. The molecule has 0 aliphatic carbocycles. The highest BCUT2D eigenvalue weighted by molar-refractivity contribution is 7.86. The van der Waals surface area contributed by atoms with E-state index in [1.807, 2.05) is 97.9 Å². The van der Waals surface area contributed by atoms with Crippen molar-refractivity contribution in [3.05, 3.63) is 148 Å². The van der Waals surface area contributed by atoms with Gasteiger partial charge in [0.15, 0.2) is 0 Å². The topological polar surface area (TPSA) is 132 Å². The van der Waals surface area contributed by atoms with Gasteiger partial charge < -0.3 is 18.9 Å². The normalized spacial score (nSPS) is 17.7. The molecule has 5 atom stereocenters. The van der Waals surface area contributed by atoms with Crippen molar-refractivity contribution in [2.24, 2.45) is 5.11 Å². The van der Waals surface area contributed by atoms with Crippen LogP contribution in [0.1, 0.15) is 28.7 Å². The largest absolute Gasteiger partial charge is 0.376 e. The Morgan fingerprint density at radius 3 is 1.91 bits per heavy atom. The quantitative estimate of drug-likeness (QED) is 0.0351. The fraction of sp³-hybridized carbons (Fsp3) is 0.333. The summed E-state index contributed by atoms with van der Waals surface area (Å²) in [6.07, 6.45) is -1.94. The first-order valence-electron chi connectivity index (χ1n) is 15.5. The zero-order valence-corrected chi connectivity index (χ0v) is 27.0. The molecule has 1 saturated heterocycles. The lowest BCUT2D eigenvalue weighted by Crippen LogP contribution is -2.46. The van der Waals surface area contributed by atoms with Crippen LogP contribution in [0.15, 0.2) is 125 Å². The van der Waals surface area contributed by atoms with Crippen molar-refractivity contribution in [3.63, 3.8) is 0 Å². The molecule has 10 nitrogen and oxygen atoms in total. The van der Waals surface area contributed by atoms with Gasteiger partial charge in [-0.25, -0.2) is 0 Å². The molecular formula is C36H39N3O7S. The molecule has 0 radical (unpaired) electrons. The van der Waals surface area contributed by atoms with Crippen molar-refractivity contribution in [3.8, 4) is 0 Å². The van der Waals surface area contributed by atoms with E-state index >= 15 is 0 Å². The van der Waals surface area contributed by atoms with Gasteiger partial charge in [0.1, 0.15) is 12.2 Å². The van der Waals surface area contributed by atoms with E-state index in [-0.39, 0.29) is 37.4 Å². The third kappa shape index (κ3) is 10.5. The van der Waals surface area contributed by atoms with Crippen LogP contribution in [0, 0.1) is 6.92 Å². The maximum atomic E-state index is 12.7. The van der Waals surface area contributed by atoms with Gasteiger partial charge in [-0.05, 0) is 41.3 Å². The molecule has 11 heteroatoms. The summed E-state index contributed by atoms with van der Waals surface area (Å²) in [6, 6.07) is 34.9. The minimum Gasteiger partial charge on any atom is -0.376 e. The van der Waals surface area contributed by atoms with Gasteiger partial charge in [0.25, 0.3) is 10.1 Å². The number of rotatable bonds is 19. The SMILES string of the molecule is Cc1ccc(S(=O)(=O)OCC[C@@H]2O[C@@H]2[C@@H](OCc2ccccc2)[C@H](OCc2ccccc2)[C@@H](COCc2ccccc2)N=[N+]=[N-])cc1. The highest BCUT2D eigenvalue weighted by atomic mass is 32.2. The van der Waals surface area contributed by atoms with E-state index in [1.165, 1.54) is 12.1 Å². The van der Waals surface area contributed by atoms with Crippen LogP contribution in [0.5, 0.6) is 0 Å². The summed E-state index contributed by atoms with van der Waals surface area (Å²) >= 11 is 0. The predicted octanol–water partition coefficient (Wildman–Crippen LogP) is 6.92. The summed E-state index contributed by atoms with van der Waals surface area (Å²) in [6.45, 7) is 2.72. The standard InChI is InChI=1S/C36H39N3O7S/c1-27-17-19-31(20-18-27)47(40,41)45-22-21-33-35(46-33)36(44-25-30-15-9-4-10-16-30)34(43-24-29-13-7-3-8-14-29)32(38-39-37)26-42-23-28-11-5-2-6-12-28/h2-20,32-36H,21-26H2,1H3/t32-,33+,34-,35+,36+/m1/s1. The van der Waals surface area contributed by atoms with E-state index < -0.39 is 34.5 Å². The van der Waals surface area contributed by atoms with Crippen molar-refractivity contribution >= 4 is 10.1 Å². The molecule has 0 N–H and O–H groups in total. The van der Waals surface area contributed by atoms with E-state index in [9.17, 15) is 13.9 Å². The first-order chi connectivity index (χ1) is 22.9. The molecule has 4 aromatic rings. The number of aryl methyl sites for hydroxylation is 1. The number of hydrogen-bond acceptors (Lipinski definition) is 8. The molecule has 5 rings (SSSR count). The molecule has 0 saturated carbocycles. The molecule has 1 heterocycles. The molecule has 0 aromatic heterocycles. The van der Waals surface area contributed by atoms with E-state index in [2.05, 4.69) is 10.0 Å². The Kier molecular flexibility index (Phi) is 12.5. The average Bonchev–Trinajstić information content (AvgIpc) is 3.86. The number of nitrogens with zero attached hydrogens (tertiary/aromatic N) is 3. The van der Waals surface area contributed by atoms with Crippen LogP contribution in [0.3, 0.4) is 0 Å². The molecule has 47 heavy (non-hydrogen) atoms. The molecule has 4 aromatic carbocycles. The third-order valence-corrected chi connectivity index (χ3v) is 9.10. The molecule has 1 fully saturated rings. The van der Waals surface area contributed by atoms with Crippen LogP contribution in [-0.2, 0) is 53.1 Å². The van der Waals surface area contributed by atoms with Crippen LogP contribution < -0.4 is 0 Å². The van der Waals surface area contributed by atoms with E-state index in [0.29, 0.717) is 13.0 Å². The van der Waals surface area contributed by atoms with Crippen LogP contribution in [0.2, 0.25) is 0 Å². The van der Waals surface area contributed by atoms with Gasteiger partial charge in [-0.1, -0.05) is 114 Å². The van der Waals surface area contributed by atoms with Crippen LogP contribution in [-0.4, -0.2) is 52.1 Å². The highest BCUT2D eigenvalue weighted by Crippen LogP contribution is 2.35. The van der Waals surface area contributed by atoms with Gasteiger partial charge in [0.2, 0.25) is 0 Å². The first-order valence-corrected chi connectivity index (χ1v) is 16.9. The van der Waals surface area contributed by atoms with Crippen LogP contribution in [0.4, 0.5) is 0 Å². The first kappa shape index (κ1) is 34.3. The molecule has 0 unspecified atom stereocenters. The average molecular weight is 658 g/mol. The fourth-order valence-corrected chi connectivity index (χ4v) is 6.11. The Labute approximate surface area is 276 Å². The van der Waals surface area contributed by atoms with Gasteiger partial charge >= 0.3 is 0 Å². The zero-order chi connectivity index (χ0) is 32.9. The van der Waals surface area contributed by atoms with Crippen molar-refractivity contribution in [1.29, 1.82) is 0 Å². The zero-order valence-electron chi connectivity index (χ0n) is 26.2. The van der Waals surface area contributed by atoms with Gasteiger partial charge in [-0.15, -0.1) is 0 Å². The number of epoxide rings is 1. The molecule has 246 valence electrons. The Morgan fingerprint density at radius 2 is 1.34 bits per heavy atom. The summed E-state index contributed by atoms with van der Waals surface area (Å²) in [5.41, 5.74) is 13.4. The third-order valence-electron chi connectivity index (χ3n) is 7.77.